The number of primary amides is 1. The molecule has 0 saturated heterocycles. The van der Waals surface area contributed by atoms with Gasteiger partial charge in [-0.25, -0.2) is 4.98 Å². The molecule has 18 heavy (non-hydrogen) atoms. The molecule has 0 bridgehead atoms. The number of amides is 2. The highest BCUT2D eigenvalue weighted by Crippen LogP contribution is 2.05. The molecule has 6 nitrogen and oxygen atoms in total. The van der Waals surface area contributed by atoms with Gasteiger partial charge < -0.3 is 11.1 Å². The molecule has 0 aliphatic rings. The molecule has 2 rings (SSSR count). The van der Waals surface area contributed by atoms with Crippen molar-refractivity contribution in [2.45, 2.75) is 0 Å². The molecular formula is C12H10N4O2. The maximum Gasteiger partial charge on any atom is 0.267 e. The van der Waals surface area contributed by atoms with E-state index in [1.807, 2.05) is 0 Å². The smallest absolute Gasteiger partial charge is 0.267 e. The Bertz CT molecular complexity index is 566. The van der Waals surface area contributed by atoms with Gasteiger partial charge in [0.1, 0.15) is 11.5 Å². The zero-order valence-corrected chi connectivity index (χ0v) is 9.33. The molecule has 0 aliphatic heterocycles. The first kappa shape index (κ1) is 11.7. The molecule has 0 unspecified atom stereocenters. The summed E-state index contributed by atoms with van der Waals surface area (Å²) in [6, 6.07) is 8.06. The summed E-state index contributed by atoms with van der Waals surface area (Å²) in [6.07, 6.45) is 2.86. The highest BCUT2D eigenvalue weighted by molar-refractivity contribution is 6.03. The van der Waals surface area contributed by atoms with Gasteiger partial charge in [0, 0.05) is 12.4 Å². The summed E-state index contributed by atoms with van der Waals surface area (Å²) in [5.74, 6) is -0.537. The van der Waals surface area contributed by atoms with E-state index in [-0.39, 0.29) is 11.6 Å². The summed E-state index contributed by atoms with van der Waals surface area (Å²) >= 11 is 0. The third-order valence-corrected chi connectivity index (χ3v) is 2.18. The van der Waals surface area contributed by atoms with Gasteiger partial charge in [-0.05, 0) is 24.3 Å². The van der Waals surface area contributed by atoms with Crippen LogP contribution in [0.2, 0.25) is 0 Å². The van der Waals surface area contributed by atoms with E-state index in [4.69, 9.17) is 5.73 Å². The van der Waals surface area contributed by atoms with Gasteiger partial charge >= 0.3 is 0 Å². The SMILES string of the molecule is NC(=O)c1ccc(C(=O)Nc2ccccn2)cn1. The monoisotopic (exact) mass is 242 g/mol. The fourth-order valence-corrected chi connectivity index (χ4v) is 1.30. The predicted molar refractivity (Wildman–Crippen MR) is 64.9 cm³/mol. The van der Waals surface area contributed by atoms with Crippen LogP contribution in [0, 0.1) is 0 Å². The minimum absolute atomic E-state index is 0.115. The van der Waals surface area contributed by atoms with Crippen molar-refractivity contribution in [2.24, 2.45) is 5.73 Å². The lowest BCUT2D eigenvalue weighted by atomic mass is 10.2. The number of anilines is 1. The lowest BCUT2D eigenvalue weighted by molar-refractivity contribution is 0.0990. The van der Waals surface area contributed by atoms with Crippen LogP contribution in [0.5, 0.6) is 0 Å². The number of pyridine rings is 2. The second kappa shape index (κ2) is 5.05. The van der Waals surface area contributed by atoms with E-state index in [9.17, 15) is 9.59 Å². The van der Waals surface area contributed by atoms with E-state index in [1.165, 1.54) is 18.3 Å². The number of aromatic nitrogens is 2. The van der Waals surface area contributed by atoms with Crippen LogP contribution in [0.15, 0.2) is 42.7 Å². The molecule has 2 amide bonds. The number of carbonyl (C=O) groups excluding carboxylic acids is 2. The second-order valence-corrected chi connectivity index (χ2v) is 3.47. The summed E-state index contributed by atoms with van der Waals surface area (Å²) in [5, 5.41) is 2.60. The number of rotatable bonds is 3. The van der Waals surface area contributed by atoms with Gasteiger partial charge in [-0.3, -0.25) is 14.6 Å². The highest BCUT2D eigenvalue weighted by Gasteiger charge is 2.08. The summed E-state index contributed by atoms with van der Waals surface area (Å²) in [6.45, 7) is 0. The Morgan fingerprint density at radius 3 is 2.50 bits per heavy atom. The maximum atomic E-state index is 11.8. The largest absolute Gasteiger partial charge is 0.364 e. The fraction of sp³-hybridized carbons (Fsp3) is 0. The predicted octanol–water partition coefficient (Wildman–Crippen LogP) is 0.828. The average molecular weight is 242 g/mol. The van der Waals surface area contributed by atoms with Crippen molar-refractivity contribution in [1.29, 1.82) is 0 Å². The van der Waals surface area contributed by atoms with E-state index in [0.29, 0.717) is 11.4 Å². The van der Waals surface area contributed by atoms with E-state index in [1.54, 1.807) is 24.4 Å². The number of nitrogens with two attached hydrogens (primary N) is 1. The molecule has 2 aromatic rings. The zero-order valence-electron chi connectivity index (χ0n) is 9.33. The van der Waals surface area contributed by atoms with Crippen molar-refractivity contribution in [3.63, 3.8) is 0 Å². The van der Waals surface area contributed by atoms with Gasteiger partial charge in [-0.1, -0.05) is 6.07 Å². The van der Waals surface area contributed by atoms with Crippen LogP contribution < -0.4 is 11.1 Å². The van der Waals surface area contributed by atoms with Gasteiger partial charge in [-0.2, -0.15) is 0 Å². The van der Waals surface area contributed by atoms with Gasteiger partial charge in [0.05, 0.1) is 5.56 Å². The molecule has 0 aromatic carbocycles. The summed E-state index contributed by atoms with van der Waals surface area (Å²) in [5.41, 5.74) is 5.49. The molecule has 0 atom stereocenters. The third-order valence-electron chi connectivity index (χ3n) is 2.18. The number of hydrogen-bond donors (Lipinski definition) is 2. The Hall–Kier alpha value is -2.76. The van der Waals surface area contributed by atoms with E-state index in [0.717, 1.165) is 0 Å². The number of nitrogens with zero attached hydrogens (tertiary/aromatic N) is 2. The second-order valence-electron chi connectivity index (χ2n) is 3.47. The van der Waals surface area contributed by atoms with Crippen molar-refractivity contribution in [3.05, 3.63) is 54.0 Å². The fourth-order valence-electron chi connectivity index (χ4n) is 1.30. The molecule has 0 fully saturated rings. The first-order valence-corrected chi connectivity index (χ1v) is 5.15. The molecule has 2 heterocycles. The van der Waals surface area contributed by atoms with Crippen LogP contribution in [-0.2, 0) is 0 Å². The molecular weight excluding hydrogens is 232 g/mol. The Kier molecular flexibility index (Phi) is 3.29. The lowest BCUT2D eigenvalue weighted by Gasteiger charge is -2.03. The Morgan fingerprint density at radius 2 is 1.94 bits per heavy atom. The van der Waals surface area contributed by atoms with E-state index in [2.05, 4.69) is 15.3 Å². The van der Waals surface area contributed by atoms with Gasteiger partial charge in [0.25, 0.3) is 11.8 Å². The Balaban J connectivity index is 2.12. The van der Waals surface area contributed by atoms with Gasteiger partial charge in [0.15, 0.2) is 0 Å². The van der Waals surface area contributed by atoms with Gasteiger partial charge in [0.2, 0.25) is 0 Å². The van der Waals surface area contributed by atoms with Crippen LogP contribution in [0.3, 0.4) is 0 Å². The average Bonchev–Trinajstić information content (AvgIpc) is 2.40. The van der Waals surface area contributed by atoms with E-state index < -0.39 is 5.91 Å². The standard InChI is InChI=1S/C12H10N4O2/c13-11(17)9-5-4-8(7-15-9)12(18)16-10-3-1-2-6-14-10/h1-7H,(H2,13,17)(H,14,16,18). The maximum absolute atomic E-state index is 11.8. The minimum atomic E-state index is -0.633. The molecule has 0 spiro atoms. The van der Waals surface area contributed by atoms with Crippen molar-refractivity contribution >= 4 is 17.6 Å². The van der Waals surface area contributed by atoms with Gasteiger partial charge in [-0.15, -0.1) is 0 Å². The minimum Gasteiger partial charge on any atom is -0.364 e. The van der Waals surface area contributed by atoms with Crippen LogP contribution >= 0.6 is 0 Å². The van der Waals surface area contributed by atoms with Crippen LogP contribution in [0.4, 0.5) is 5.82 Å². The van der Waals surface area contributed by atoms with Crippen LogP contribution in [-0.4, -0.2) is 21.8 Å². The molecule has 6 heteroatoms. The molecule has 2 aromatic heterocycles. The molecule has 3 N–H and O–H groups in total. The lowest BCUT2D eigenvalue weighted by Crippen LogP contribution is -2.16. The molecule has 0 aliphatic carbocycles. The number of hydrogen-bond acceptors (Lipinski definition) is 4. The third kappa shape index (κ3) is 2.67. The molecule has 0 radical (unpaired) electrons. The number of nitrogens with one attached hydrogen (secondary N) is 1. The van der Waals surface area contributed by atoms with Crippen molar-refractivity contribution < 1.29 is 9.59 Å². The van der Waals surface area contributed by atoms with Crippen molar-refractivity contribution in [3.8, 4) is 0 Å². The summed E-state index contributed by atoms with van der Waals surface area (Å²) in [7, 11) is 0. The quantitative estimate of drug-likeness (QED) is 0.832. The zero-order chi connectivity index (χ0) is 13.0. The normalized spacial score (nSPS) is 9.78. The van der Waals surface area contributed by atoms with Crippen LogP contribution in [0.25, 0.3) is 0 Å². The first-order valence-electron chi connectivity index (χ1n) is 5.15. The van der Waals surface area contributed by atoms with Crippen LogP contribution in [0.1, 0.15) is 20.8 Å². The molecule has 0 saturated carbocycles. The van der Waals surface area contributed by atoms with E-state index >= 15 is 0 Å². The highest BCUT2D eigenvalue weighted by atomic mass is 16.2. The Morgan fingerprint density at radius 1 is 1.11 bits per heavy atom. The molecule has 90 valence electrons. The summed E-state index contributed by atoms with van der Waals surface area (Å²) < 4.78 is 0. The topological polar surface area (TPSA) is 98.0 Å². The van der Waals surface area contributed by atoms with Crippen molar-refractivity contribution in [2.75, 3.05) is 5.32 Å². The first-order chi connectivity index (χ1) is 8.66. The Labute approximate surface area is 103 Å². The summed E-state index contributed by atoms with van der Waals surface area (Å²) in [4.78, 5) is 30.4. The number of carbonyl (C=O) groups is 2. The van der Waals surface area contributed by atoms with Crippen molar-refractivity contribution in [1.82, 2.24) is 9.97 Å².